The molecule has 0 aromatic heterocycles. The Morgan fingerprint density at radius 2 is 2.33 bits per heavy atom. The van der Waals surface area contributed by atoms with E-state index in [9.17, 15) is 5.11 Å². The minimum Gasteiger partial charge on any atom is -0.508 e. The second-order valence-electron chi connectivity index (χ2n) is 4.49. The molecule has 0 saturated carbocycles. The summed E-state index contributed by atoms with van der Waals surface area (Å²) in [6.45, 7) is 4.52. The highest BCUT2D eigenvalue weighted by Crippen LogP contribution is 2.30. The van der Waals surface area contributed by atoms with E-state index in [0.717, 1.165) is 13.1 Å². The molecule has 2 nitrogen and oxygen atoms in total. The monoisotopic (exact) mass is 205 g/mol. The molecule has 82 valence electrons. The predicted octanol–water partition coefficient (Wildman–Crippen LogP) is 2.50. The number of benzene rings is 1. The molecule has 15 heavy (non-hydrogen) atoms. The Morgan fingerprint density at radius 3 is 3.00 bits per heavy atom. The van der Waals surface area contributed by atoms with Crippen LogP contribution in [-0.2, 0) is 0 Å². The van der Waals surface area contributed by atoms with Gasteiger partial charge in [0.05, 0.1) is 0 Å². The van der Waals surface area contributed by atoms with Crippen molar-refractivity contribution in [3.8, 4) is 5.75 Å². The van der Waals surface area contributed by atoms with Gasteiger partial charge in [-0.2, -0.15) is 0 Å². The second-order valence-corrected chi connectivity index (χ2v) is 4.49. The van der Waals surface area contributed by atoms with Gasteiger partial charge in [-0.3, -0.25) is 0 Å². The van der Waals surface area contributed by atoms with Crippen LogP contribution in [-0.4, -0.2) is 18.2 Å². The van der Waals surface area contributed by atoms with E-state index in [1.807, 2.05) is 12.1 Å². The van der Waals surface area contributed by atoms with Gasteiger partial charge < -0.3 is 10.4 Å². The second kappa shape index (κ2) is 4.67. The van der Waals surface area contributed by atoms with E-state index in [1.165, 1.54) is 18.4 Å². The molecule has 2 unspecified atom stereocenters. The highest BCUT2D eigenvalue weighted by Gasteiger charge is 2.21. The van der Waals surface area contributed by atoms with Crippen LogP contribution in [0.4, 0.5) is 0 Å². The van der Waals surface area contributed by atoms with Crippen LogP contribution in [0.3, 0.4) is 0 Å². The summed E-state index contributed by atoms with van der Waals surface area (Å²) in [4.78, 5) is 0. The zero-order valence-electron chi connectivity index (χ0n) is 9.24. The Bertz CT molecular complexity index is 318. The van der Waals surface area contributed by atoms with Crippen LogP contribution in [0.25, 0.3) is 0 Å². The molecule has 1 aromatic carbocycles. The molecule has 0 bridgehead atoms. The van der Waals surface area contributed by atoms with Crippen molar-refractivity contribution >= 4 is 0 Å². The first-order chi connectivity index (χ1) is 7.27. The lowest BCUT2D eigenvalue weighted by atomic mass is 9.83. The molecule has 2 N–H and O–H groups in total. The first-order valence-corrected chi connectivity index (χ1v) is 5.77. The van der Waals surface area contributed by atoms with E-state index >= 15 is 0 Å². The molecule has 1 aromatic rings. The first kappa shape index (κ1) is 10.5. The number of piperidine rings is 1. The summed E-state index contributed by atoms with van der Waals surface area (Å²) < 4.78 is 0. The SMILES string of the molecule is CC(c1cccc(O)c1)C1CCCNC1. The Morgan fingerprint density at radius 1 is 1.47 bits per heavy atom. The molecule has 2 heteroatoms. The summed E-state index contributed by atoms with van der Waals surface area (Å²) >= 11 is 0. The fraction of sp³-hybridized carbons (Fsp3) is 0.538. The third-order valence-electron chi connectivity index (χ3n) is 3.44. The summed E-state index contributed by atoms with van der Waals surface area (Å²) in [5.74, 6) is 1.62. The van der Waals surface area contributed by atoms with Gasteiger partial charge >= 0.3 is 0 Å². The number of hydrogen-bond donors (Lipinski definition) is 2. The van der Waals surface area contributed by atoms with Crippen molar-refractivity contribution in [3.63, 3.8) is 0 Å². The summed E-state index contributed by atoms with van der Waals surface area (Å²) in [6.07, 6.45) is 2.57. The molecule has 0 amide bonds. The molecular weight excluding hydrogens is 186 g/mol. The van der Waals surface area contributed by atoms with Gasteiger partial charge in [-0.1, -0.05) is 19.1 Å². The fourth-order valence-corrected chi connectivity index (χ4v) is 2.39. The van der Waals surface area contributed by atoms with Crippen molar-refractivity contribution in [2.24, 2.45) is 5.92 Å². The smallest absolute Gasteiger partial charge is 0.115 e. The number of phenolic OH excluding ortho intramolecular Hbond substituents is 1. The third-order valence-corrected chi connectivity index (χ3v) is 3.44. The number of nitrogens with one attached hydrogen (secondary N) is 1. The predicted molar refractivity (Wildman–Crippen MR) is 62.1 cm³/mol. The van der Waals surface area contributed by atoms with E-state index in [1.54, 1.807) is 6.07 Å². The van der Waals surface area contributed by atoms with Crippen LogP contribution < -0.4 is 5.32 Å². The maximum absolute atomic E-state index is 9.44. The van der Waals surface area contributed by atoms with Gasteiger partial charge in [0.1, 0.15) is 5.75 Å². The summed E-state index contributed by atoms with van der Waals surface area (Å²) in [6, 6.07) is 7.66. The highest BCUT2D eigenvalue weighted by atomic mass is 16.3. The number of rotatable bonds is 2. The third kappa shape index (κ3) is 2.51. The molecule has 1 heterocycles. The van der Waals surface area contributed by atoms with E-state index in [0.29, 0.717) is 17.6 Å². The molecule has 0 spiro atoms. The largest absolute Gasteiger partial charge is 0.508 e. The lowest BCUT2D eigenvalue weighted by Crippen LogP contribution is -2.32. The summed E-state index contributed by atoms with van der Waals surface area (Å²) in [5, 5.41) is 12.9. The van der Waals surface area contributed by atoms with Crippen molar-refractivity contribution in [3.05, 3.63) is 29.8 Å². The summed E-state index contributed by atoms with van der Waals surface area (Å²) in [5.41, 5.74) is 1.25. The van der Waals surface area contributed by atoms with Gasteiger partial charge in [0, 0.05) is 0 Å². The molecule has 2 rings (SSSR count). The van der Waals surface area contributed by atoms with Gasteiger partial charge in [-0.25, -0.2) is 0 Å². The molecule has 1 aliphatic rings. The Kier molecular flexibility index (Phi) is 3.27. The van der Waals surface area contributed by atoms with Crippen molar-refractivity contribution < 1.29 is 5.11 Å². The van der Waals surface area contributed by atoms with E-state index in [2.05, 4.69) is 18.3 Å². The summed E-state index contributed by atoms with van der Waals surface area (Å²) in [7, 11) is 0. The van der Waals surface area contributed by atoms with Crippen molar-refractivity contribution in [1.82, 2.24) is 5.32 Å². The fourth-order valence-electron chi connectivity index (χ4n) is 2.39. The number of hydrogen-bond acceptors (Lipinski definition) is 2. The van der Waals surface area contributed by atoms with Crippen molar-refractivity contribution in [2.45, 2.75) is 25.7 Å². The van der Waals surface area contributed by atoms with Gasteiger partial charge in [0.15, 0.2) is 0 Å². The van der Waals surface area contributed by atoms with E-state index in [-0.39, 0.29) is 0 Å². The lowest BCUT2D eigenvalue weighted by Gasteiger charge is -2.28. The minimum atomic E-state index is 0.378. The maximum atomic E-state index is 9.44. The molecule has 1 aliphatic heterocycles. The normalized spacial score (nSPS) is 23.7. The number of phenols is 1. The zero-order valence-corrected chi connectivity index (χ0v) is 9.24. The Hall–Kier alpha value is -1.02. The standard InChI is InChI=1S/C13H19NO/c1-10(12-5-3-7-14-9-12)11-4-2-6-13(15)8-11/h2,4,6,8,10,12,14-15H,3,5,7,9H2,1H3. The van der Waals surface area contributed by atoms with Crippen LogP contribution in [0.1, 0.15) is 31.2 Å². The Labute approximate surface area is 91.3 Å². The average molecular weight is 205 g/mol. The molecular formula is C13H19NO. The van der Waals surface area contributed by atoms with Crippen LogP contribution in [0.15, 0.2) is 24.3 Å². The van der Waals surface area contributed by atoms with Crippen LogP contribution in [0.5, 0.6) is 5.75 Å². The zero-order chi connectivity index (χ0) is 10.7. The van der Waals surface area contributed by atoms with Gasteiger partial charge in [0.2, 0.25) is 0 Å². The molecule has 0 radical (unpaired) electrons. The lowest BCUT2D eigenvalue weighted by molar-refractivity contribution is 0.334. The van der Waals surface area contributed by atoms with Gasteiger partial charge in [-0.15, -0.1) is 0 Å². The molecule has 2 atom stereocenters. The van der Waals surface area contributed by atoms with Crippen LogP contribution in [0, 0.1) is 5.92 Å². The van der Waals surface area contributed by atoms with E-state index in [4.69, 9.17) is 0 Å². The maximum Gasteiger partial charge on any atom is 0.115 e. The highest BCUT2D eigenvalue weighted by molar-refractivity contribution is 5.29. The van der Waals surface area contributed by atoms with E-state index < -0.39 is 0 Å². The molecule has 1 saturated heterocycles. The minimum absolute atomic E-state index is 0.378. The van der Waals surface area contributed by atoms with Crippen LogP contribution >= 0.6 is 0 Å². The van der Waals surface area contributed by atoms with Crippen LogP contribution in [0.2, 0.25) is 0 Å². The average Bonchev–Trinajstić information content (AvgIpc) is 2.29. The first-order valence-electron chi connectivity index (χ1n) is 5.77. The van der Waals surface area contributed by atoms with Crippen molar-refractivity contribution in [1.29, 1.82) is 0 Å². The van der Waals surface area contributed by atoms with Crippen molar-refractivity contribution in [2.75, 3.05) is 13.1 Å². The van der Waals surface area contributed by atoms with Gasteiger partial charge in [0.25, 0.3) is 0 Å². The quantitative estimate of drug-likeness (QED) is 0.777. The molecule has 0 aliphatic carbocycles. The van der Waals surface area contributed by atoms with Gasteiger partial charge in [-0.05, 0) is 55.5 Å². The number of aromatic hydroxyl groups is 1. The molecule has 1 fully saturated rings. The topological polar surface area (TPSA) is 32.3 Å². The Balaban J connectivity index is 2.08.